The second-order valence-corrected chi connectivity index (χ2v) is 4.58. The van der Waals surface area contributed by atoms with Gasteiger partial charge < -0.3 is 9.63 Å². The molecule has 1 aromatic heterocycles. The number of phenolic OH excluding ortho intramolecular Hbond substituents is 1. The van der Waals surface area contributed by atoms with Crippen molar-refractivity contribution in [2.45, 2.75) is 38.0 Å². The van der Waals surface area contributed by atoms with Crippen LogP contribution in [0.4, 0.5) is 0 Å². The van der Waals surface area contributed by atoms with Crippen LogP contribution >= 0.6 is 0 Å². The van der Waals surface area contributed by atoms with Gasteiger partial charge in [-0.05, 0) is 25.0 Å². The summed E-state index contributed by atoms with van der Waals surface area (Å²) in [5.41, 5.74) is 1.77. The molecular weight excluding hydrogens is 202 g/mol. The van der Waals surface area contributed by atoms with E-state index >= 15 is 0 Å². The summed E-state index contributed by atoms with van der Waals surface area (Å²) in [6.45, 7) is 0. The average molecular weight is 217 g/mol. The molecule has 1 aliphatic carbocycles. The third-order valence-corrected chi connectivity index (χ3v) is 3.48. The summed E-state index contributed by atoms with van der Waals surface area (Å²) in [6, 6.07) is 5.24. The second kappa shape index (κ2) is 3.81. The van der Waals surface area contributed by atoms with Crippen LogP contribution in [-0.2, 0) is 0 Å². The van der Waals surface area contributed by atoms with Crippen molar-refractivity contribution in [3.63, 3.8) is 0 Å². The molecule has 2 aromatic rings. The van der Waals surface area contributed by atoms with E-state index in [0.29, 0.717) is 11.5 Å². The lowest BCUT2D eigenvalue weighted by molar-refractivity contribution is 0.395. The maximum Gasteiger partial charge on any atom is 0.170 e. The maximum absolute atomic E-state index is 9.36. The van der Waals surface area contributed by atoms with Crippen LogP contribution in [0.2, 0.25) is 0 Å². The van der Waals surface area contributed by atoms with Gasteiger partial charge in [0.1, 0.15) is 5.75 Å². The number of hydrogen-bond acceptors (Lipinski definition) is 3. The Hall–Kier alpha value is -1.51. The number of hydrogen-bond donors (Lipinski definition) is 1. The fraction of sp³-hybridized carbons (Fsp3) is 0.462. The van der Waals surface area contributed by atoms with Gasteiger partial charge >= 0.3 is 0 Å². The van der Waals surface area contributed by atoms with Gasteiger partial charge in [-0.1, -0.05) is 24.4 Å². The van der Waals surface area contributed by atoms with Crippen molar-refractivity contribution < 1.29 is 9.63 Å². The molecule has 0 saturated heterocycles. The van der Waals surface area contributed by atoms with Crippen molar-refractivity contribution in [2.24, 2.45) is 0 Å². The molecule has 84 valence electrons. The zero-order valence-corrected chi connectivity index (χ0v) is 9.15. The zero-order chi connectivity index (χ0) is 11.0. The molecule has 1 saturated carbocycles. The predicted octanol–water partition coefficient (Wildman–Crippen LogP) is 3.58. The van der Waals surface area contributed by atoms with Gasteiger partial charge in [0.05, 0.1) is 5.69 Å². The van der Waals surface area contributed by atoms with Gasteiger partial charge in [0, 0.05) is 17.4 Å². The van der Waals surface area contributed by atoms with Crippen molar-refractivity contribution in [1.29, 1.82) is 0 Å². The Morgan fingerprint density at radius 2 is 2.00 bits per heavy atom. The highest BCUT2D eigenvalue weighted by atomic mass is 16.5. The molecule has 0 spiro atoms. The average Bonchev–Trinajstić information content (AvgIpc) is 2.73. The van der Waals surface area contributed by atoms with E-state index in [1.807, 2.05) is 6.07 Å². The van der Waals surface area contributed by atoms with Crippen LogP contribution < -0.4 is 0 Å². The molecule has 0 radical (unpaired) electrons. The summed E-state index contributed by atoms with van der Waals surface area (Å²) in [5, 5.41) is 14.6. The molecule has 3 rings (SSSR count). The van der Waals surface area contributed by atoms with E-state index in [-0.39, 0.29) is 5.75 Å². The smallest absolute Gasteiger partial charge is 0.170 e. The Kier molecular flexibility index (Phi) is 2.31. The molecule has 1 N–H and O–H groups in total. The molecule has 1 heterocycles. The van der Waals surface area contributed by atoms with E-state index in [9.17, 15) is 5.11 Å². The Labute approximate surface area is 94.1 Å². The van der Waals surface area contributed by atoms with E-state index in [2.05, 4.69) is 5.16 Å². The van der Waals surface area contributed by atoms with Crippen molar-refractivity contribution in [1.82, 2.24) is 5.16 Å². The highest BCUT2D eigenvalue weighted by Gasteiger charge is 2.21. The molecule has 1 fully saturated rings. The highest BCUT2D eigenvalue weighted by molar-refractivity contribution is 5.81. The normalized spacial score (nSPS) is 18.0. The van der Waals surface area contributed by atoms with Gasteiger partial charge in [-0.15, -0.1) is 0 Å². The Morgan fingerprint density at radius 1 is 1.19 bits per heavy atom. The summed E-state index contributed by atoms with van der Waals surface area (Å²) < 4.78 is 5.27. The van der Waals surface area contributed by atoms with Crippen molar-refractivity contribution >= 4 is 11.0 Å². The lowest BCUT2D eigenvalue weighted by atomic mass is 9.86. The van der Waals surface area contributed by atoms with Gasteiger partial charge in [-0.25, -0.2) is 0 Å². The molecular formula is C13H15NO2. The number of fused-ring (bicyclic) bond motifs is 1. The SMILES string of the molecule is Oc1ccc2c(C3CCCCC3)noc2c1. The molecule has 0 aliphatic heterocycles. The van der Waals surface area contributed by atoms with E-state index < -0.39 is 0 Å². The van der Waals surface area contributed by atoms with E-state index in [0.717, 1.165) is 11.1 Å². The van der Waals surface area contributed by atoms with Crippen LogP contribution in [-0.4, -0.2) is 10.3 Å². The summed E-state index contributed by atoms with van der Waals surface area (Å²) >= 11 is 0. The minimum absolute atomic E-state index is 0.235. The zero-order valence-electron chi connectivity index (χ0n) is 9.15. The fourth-order valence-electron chi connectivity index (χ4n) is 2.62. The highest BCUT2D eigenvalue weighted by Crippen LogP contribution is 2.36. The molecule has 3 nitrogen and oxygen atoms in total. The van der Waals surface area contributed by atoms with Gasteiger partial charge in [0.25, 0.3) is 0 Å². The summed E-state index contributed by atoms with van der Waals surface area (Å²) in [4.78, 5) is 0. The molecule has 0 bridgehead atoms. The van der Waals surface area contributed by atoms with Crippen LogP contribution in [0, 0.1) is 0 Å². The van der Waals surface area contributed by atoms with Crippen LogP contribution in [0.1, 0.15) is 43.7 Å². The number of aromatic nitrogens is 1. The van der Waals surface area contributed by atoms with E-state index in [1.54, 1.807) is 12.1 Å². The fourth-order valence-corrected chi connectivity index (χ4v) is 2.62. The van der Waals surface area contributed by atoms with Gasteiger partial charge in [0.15, 0.2) is 5.58 Å². The standard InChI is InChI=1S/C13H15NO2/c15-10-6-7-11-12(8-10)16-14-13(11)9-4-2-1-3-5-9/h6-9,15H,1-5H2. The number of benzene rings is 1. The Morgan fingerprint density at radius 3 is 2.81 bits per heavy atom. The van der Waals surface area contributed by atoms with Crippen LogP contribution in [0.5, 0.6) is 5.75 Å². The molecule has 3 heteroatoms. The summed E-state index contributed by atoms with van der Waals surface area (Å²) in [6.07, 6.45) is 6.34. The summed E-state index contributed by atoms with van der Waals surface area (Å²) in [7, 11) is 0. The van der Waals surface area contributed by atoms with Crippen LogP contribution in [0.3, 0.4) is 0 Å². The third kappa shape index (κ3) is 1.56. The lowest BCUT2D eigenvalue weighted by Crippen LogP contribution is -2.04. The first-order valence-corrected chi connectivity index (χ1v) is 5.93. The quantitative estimate of drug-likeness (QED) is 0.794. The Balaban J connectivity index is 2.03. The molecule has 0 unspecified atom stereocenters. The lowest BCUT2D eigenvalue weighted by Gasteiger charge is -2.19. The van der Waals surface area contributed by atoms with Crippen molar-refractivity contribution in [2.75, 3.05) is 0 Å². The maximum atomic E-state index is 9.36. The number of aromatic hydroxyl groups is 1. The third-order valence-electron chi connectivity index (χ3n) is 3.48. The minimum Gasteiger partial charge on any atom is -0.508 e. The van der Waals surface area contributed by atoms with Gasteiger partial charge in [-0.2, -0.15) is 0 Å². The Bertz CT molecular complexity index is 498. The van der Waals surface area contributed by atoms with Gasteiger partial charge in [0.2, 0.25) is 0 Å². The van der Waals surface area contributed by atoms with Crippen LogP contribution in [0.25, 0.3) is 11.0 Å². The number of nitrogens with zero attached hydrogens (tertiary/aromatic N) is 1. The largest absolute Gasteiger partial charge is 0.508 e. The monoisotopic (exact) mass is 217 g/mol. The first-order chi connectivity index (χ1) is 7.84. The van der Waals surface area contributed by atoms with Gasteiger partial charge in [-0.3, -0.25) is 0 Å². The van der Waals surface area contributed by atoms with Crippen molar-refractivity contribution in [3.8, 4) is 5.75 Å². The molecule has 16 heavy (non-hydrogen) atoms. The number of phenols is 1. The van der Waals surface area contributed by atoms with E-state index in [4.69, 9.17) is 4.52 Å². The number of rotatable bonds is 1. The molecule has 0 amide bonds. The summed E-state index contributed by atoms with van der Waals surface area (Å²) in [5.74, 6) is 0.776. The molecule has 1 aliphatic rings. The minimum atomic E-state index is 0.235. The molecule has 1 aromatic carbocycles. The first kappa shape index (κ1) is 9.70. The first-order valence-electron chi connectivity index (χ1n) is 5.93. The van der Waals surface area contributed by atoms with Crippen molar-refractivity contribution in [3.05, 3.63) is 23.9 Å². The van der Waals surface area contributed by atoms with Crippen LogP contribution in [0.15, 0.2) is 22.7 Å². The topological polar surface area (TPSA) is 46.3 Å². The molecule has 0 atom stereocenters. The second-order valence-electron chi connectivity index (χ2n) is 4.58. The predicted molar refractivity (Wildman–Crippen MR) is 61.5 cm³/mol. The van der Waals surface area contributed by atoms with E-state index in [1.165, 1.54) is 32.1 Å².